The minimum atomic E-state index is 0.145. The van der Waals surface area contributed by atoms with Crippen molar-refractivity contribution < 1.29 is 0 Å². The van der Waals surface area contributed by atoms with Crippen LogP contribution in [-0.4, -0.2) is 9.55 Å². The maximum absolute atomic E-state index is 5.49. The van der Waals surface area contributed by atoms with Gasteiger partial charge in [-0.2, -0.15) is 0 Å². The zero-order valence-corrected chi connectivity index (χ0v) is 13.4. The van der Waals surface area contributed by atoms with Gasteiger partial charge in [-0.05, 0) is 25.1 Å². The third kappa shape index (κ3) is 3.71. The first-order valence-electron chi connectivity index (χ1n) is 7.22. The van der Waals surface area contributed by atoms with E-state index in [-0.39, 0.29) is 5.41 Å². The Labute approximate surface area is 117 Å². The van der Waals surface area contributed by atoms with Crippen LogP contribution in [0.1, 0.15) is 78.5 Å². The van der Waals surface area contributed by atoms with E-state index in [4.69, 9.17) is 12.2 Å². The molecule has 1 N–H and O–H groups in total. The summed E-state index contributed by atoms with van der Waals surface area (Å²) in [4.78, 5) is 3.24. The van der Waals surface area contributed by atoms with Crippen LogP contribution < -0.4 is 0 Å². The van der Waals surface area contributed by atoms with Crippen molar-refractivity contribution in [3.8, 4) is 0 Å². The Kier molecular flexibility index (Phi) is 5.64. The molecule has 2 nitrogen and oxygen atoms in total. The van der Waals surface area contributed by atoms with Crippen LogP contribution in [0.4, 0.5) is 0 Å². The number of unbranched alkanes of at least 4 members (excludes halogenated alkanes) is 1. The number of aromatic amines is 1. The summed E-state index contributed by atoms with van der Waals surface area (Å²) >= 11 is 5.49. The average molecular weight is 268 g/mol. The molecular formula is C15H28N2S. The van der Waals surface area contributed by atoms with Gasteiger partial charge in [-0.1, -0.05) is 53.9 Å². The van der Waals surface area contributed by atoms with Crippen LogP contribution in [0, 0.1) is 4.77 Å². The molecule has 0 aliphatic heterocycles. The molecule has 0 radical (unpaired) electrons. The van der Waals surface area contributed by atoms with Gasteiger partial charge in [-0.3, -0.25) is 0 Å². The summed E-state index contributed by atoms with van der Waals surface area (Å²) in [6, 6.07) is 0.558. The first-order chi connectivity index (χ1) is 8.41. The zero-order chi connectivity index (χ0) is 13.8. The maximum atomic E-state index is 5.49. The molecule has 0 saturated carbocycles. The van der Waals surface area contributed by atoms with E-state index in [0.717, 1.165) is 4.77 Å². The normalized spacial score (nSPS) is 13.8. The summed E-state index contributed by atoms with van der Waals surface area (Å²) in [5, 5.41) is 0. The molecule has 0 aliphatic rings. The van der Waals surface area contributed by atoms with Crippen molar-refractivity contribution in [3.63, 3.8) is 0 Å². The minimum absolute atomic E-state index is 0.145. The van der Waals surface area contributed by atoms with Crippen molar-refractivity contribution in [1.82, 2.24) is 9.55 Å². The second-order valence-electron chi connectivity index (χ2n) is 6.18. The van der Waals surface area contributed by atoms with Crippen molar-refractivity contribution >= 4 is 12.2 Å². The SMILES string of the molecule is CCCCC(CCC)n1c(C(C)(C)C)c[nH]c1=S. The molecule has 1 aromatic heterocycles. The van der Waals surface area contributed by atoms with Crippen LogP contribution in [0.5, 0.6) is 0 Å². The smallest absolute Gasteiger partial charge is 0.177 e. The second kappa shape index (κ2) is 6.55. The largest absolute Gasteiger partial charge is 0.337 e. The summed E-state index contributed by atoms with van der Waals surface area (Å²) in [5.74, 6) is 0. The molecule has 0 spiro atoms. The van der Waals surface area contributed by atoms with Crippen LogP contribution in [0.25, 0.3) is 0 Å². The quantitative estimate of drug-likeness (QED) is 0.687. The van der Waals surface area contributed by atoms with E-state index in [2.05, 4.69) is 50.4 Å². The van der Waals surface area contributed by atoms with Crippen LogP contribution in [0.3, 0.4) is 0 Å². The Morgan fingerprint density at radius 1 is 1.22 bits per heavy atom. The maximum Gasteiger partial charge on any atom is 0.177 e. The lowest BCUT2D eigenvalue weighted by molar-refractivity contribution is 0.381. The fourth-order valence-corrected chi connectivity index (χ4v) is 2.80. The Bertz CT molecular complexity index is 409. The summed E-state index contributed by atoms with van der Waals surface area (Å²) < 4.78 is 3.25. The number of hydrogen-bond donors (Lipinski definition) is 1. The molecule has 1 rings (SSSR count). The van der Waals surface area contributed by atoms with E-state index >= 15 is 0 Å². The van der Waals surface area contributed by atoms with Crippen molar-refractivity contribution in [2.75, 3.05) is 0 Å². The standard InChI is InChI=1S/C15H28N2S/c1-6-8-10-12(9-7-2)17-13(15(3,4)5)11-16-14(17)18/h11-12H,6-10H2,1-5H3,(H,16,18). The van der Waals surface area contributed by atoms with Crippen LogP contribution in [0.2, 0.25) is 0 Å². The third-order valence-corrected chi connectivity index (χ3v) is 3.77. The molecule has 0 aromatic carbocycles. The number of nitrogens with zero attached hydrogens (tertiary/aromatic N) is 1. The van der Waals surface area contributed by atoms with Crippen LogP contribution >= 0.6 is 12.2 Å². The van der Waals surface area contributed by atoms with E-state index in [0.29, 0.717) is 6.04 Å². The highest BCUT2D eigenvalue weighted by Crippen LogP contribution is 2.29. The fourth-order valence-electron chi connectivity index (χ4n) is 2.49. The van der Waals surface area contributed by atoms with Gasteiger partial charge in [-0.25, -0.2) is 0 Å². The molecule has 0 aliphatic carbocycles. The van der Waals surface area contributed by atoms with E-state index in [1.165, 1.54) is 37.8 Å². The molecule has 0 amide bonds. The van der Waals surface area contributed by atoms with Gasteiger partial charge in [0.05, 0.1) is 0 Å². The van der Waals surface area contributed by atoms with Gasteiger partial charge in [0.1, 0.15) is 0 Å². The summed E-state index contributed by atoms with van der Waals surface area (Å²) in [6.07, 6.45) is 8.29. The first-order valence-corrected chi connectivity index (χ1v) is 7.63. The number of aromatic nitrogens is 2. The Balaban J connectivity index is 3.10. The fraction of sp³-hybridized carbons (Fsp3) is 0.800. The van der Waals surface area contributed by atoms with Gasteiger partial charge >= 0.3 is 0 Å². The molecule has 1 atom stereocenters. The highest BCUT2D eigenvalue weighted by Gasteiger charge is 2.23. The third-order valence-electron chi connectivity index (χ3n) is 3.46. The van der Waals surface area contributed by atoms with Crippen molar-refractivity contribution in [3.05, 3.63) is 16.7 Å². The lowest BCUT2D eigenvalue weighted by Crippen LogP contribution is -2.21. The number of H-pyrrole nitrogens is 1. The monoisotopic (exact) mass is 268 g/mol. The second-order valence-corrected chi connectivity index (χ2v) is 6.57. The highest BCUT2D eigenvalue weighted by atomic mass is 32.1. The predicted molar refractivity (Wildman–Crippen MR) is 81.8 cm³/mol. The Morgan fingerprint density at radius 2 is 1.89 bits per heavy atom. The van der Waals surface area contributed by atoms with E-state index < -0.39 is 0 Å². The van der Waals surface area contributed by atoms with Crippen molar-refractivity contribution in [1.29, 1.82) is 0 Å². The molecule has 3 heteroatoms. The van der Waals surface area contributed by atoms with Gasteiger partial charge in [0.2, 0.25) is 0 Å². The van der Waals surface area contributed by atoms with Crippen LogP contribution in [-0.2, 0) is 5.41 Å². The summed E-state index contributed by atoms with van der Waals surface area (Å²) in [5.41, 5.74) is 1.48. The first kappa shape index (κ1) is 15.5. The molecule has 1 unspecified atom stereocenters. The number of nitrogens with one attached hydrogen (secondary N) is 1. The topological polar surface area (TPSA) is 20.7 Å². The molecule has 1 aromatic rings. The van der Waals surface area contributed by atoms with Gasteiger partial charge in [0.25, 0.3) is 0 Å². The molecular weight excluding hydrogens is 240 g/mol. The Hall–Kier alpha value is -0.570. The highest BCUT2D eigenvalue weighted by molar-refractivity contribution is 7.71. The van der Waals surface area contributed by atoms with Crippen molar-refractivity contribution in [2.24, 2.45) is 0 Å². The predicted octanol–water partition coefficient (Wildman–Crippen LogP) is 5.37. The molecule has 0 saturated heterocycles. The lowest BCUT2D eigenvalue weighted by Gasteiger charge is -2.26. The summed E-state index contributed by atoms with van der Waals surface area (Å²) in [6.45, 7) is 11.3. The Morgan fingerprint density at radius 3 is 2.39 bits per heavy atom. The number of hydrogen-bond acceptors (Lipinski definition) is 1. The average Bonchev–Trinajstić information content (AvgIpc) is 2.66. The van der Waals surface area contributed by atoms with Gasteiger partial charge in [0, 0.05) is 23.3 Å². The van der Waals surface area contributed by atoms with Crippen molar-refractivity contribution in [2.45, 2.75) is 78.2 Å². The van der Waals surface area contributed by atoms with Gasteiger partial charge < -0.3 is 9.55 Å². The molecule has 1 heterocycles. The van der Waals surface area contributed by atoms with E-state index in [1.54, 1.807) is 0 Å². The molecule has 104 valence electrons. The van der Waals surface area contributed by atoms with E-state index in [9.17, 15) is 0 Å². The summed E-state index contributed by atoms with van der Waals surface area (Å²) in [7, 11) is 0. The zero-order valence-electron chi connectivity index (χ0n) is 12.5. The van der Waals surface area contributed by atoms with Gasteiger partial charge in [0.15, 0.2) is 4.77 Å². The lowest BCUT2D eigenvalue weighted by atomic mass is 9.91. The van der Waals surface area contributed by atoms with Crippen LogP contribution in [0.15, 0.2) is 6.20 Å². The minimum Gasteiger partial charge on any atom is -0.337 e. The number of rotatable bonds is 6. The molecule has 0 fully saturated rings. The van der Waals surface area contributed by atoms with Gasteiger partial charge in [-0.15, -0.1) is 0 Å². The van der Waals surface area contributed by atoms with E-state index in [1.807, 2.05) is 0 Å². The number of imidazole rings is 1. The molecule has 18 heavy (non-hydrogen) atoms. The molecule has 0 bridgehead atoms.